The summed E-state index contributed by atoms with van der Waals surface area (Å²) in [5.74, 6) is 0.396. The van der Waals surface area contributed by atoms with E-state index in [1.165, 1.54) is 32.4 Å². The van der Waals surface area contributed by atoms with Gasteiger partial charge in [-0.3, -0.25) is 0 Å². The number of rotatable bonds is 7. The van der Waals surface area contributed by atoms with Crippen molar-refractivity contribution in [2.24, 2.45) is 0 Å². The molecule has 0 aliphatic heterocycles. The topological polar surface area (TPSA) is 103 Å². The molecule has 0 fully saturated rings. The average molecular weight is 303 g/mol. The van der Waals surface area contributed by atoms with Crippen molar-refractivity contribution in [3.8, 4) is 0 Å². The van der Waals surface area contributed by atoms with Crippen LogP contribution in [0.3, 0.4) is 0 Å². The molecule has 3 N–H and O–H groups in total. The first kappa shape index (κ1) is 16.8. The lowest BCUT2D eigenvalue weighted by molar-refractivity contribution is 0.132. The third-order valence-corrected chi connectivity index (χ3v) is 4.99. The zero-order valence-corrected chi connectivity index (χ0v) is 12.7. The molecular formula is C12H21N3O4S. The molecule has 114 valence electrons. The minimum atomic E-state index is -3.51. The van der Waals surface area contributed by atoms with Crippen molar-refractivity contribution in [1.29, 1.82) is 0 Å². The summed E-state index contributed by atoms with van der Waals surface area (Å²) in [7, 11) is -0.619. The van der Waals surface area contributed by atoms with Crippen LogP contribution in [0.25, 0.3) is 0 Å². The highest BCUT2D eigenvalue weighted by Gasteiger charge is 2.27. The monoisotopic (exact) mass is 303 g/mol. The molecule has 1 rings (SSSR count). The first-order chi connectivity index (χ1) is 9.31. The van der Waals surface area contributed by atoms with E-state index in [-0.39, 0.29) is 18.1 Å². The molecule has 0 atom stereocenters. The number of hydrogen-bond donors (Lipinski definition) is 3. The Morgan fingerprint density at radius 1 is 1.30 bits per heavy atom. The van der Waals surface area contributed by atoms with E-state index in [1.807, 2.05) is 6.92 Å². The Kier molecular flexibility index (Phi) is 5.46. The standard InChI is InChI=1S/C12H21N3O4S/c1-4-12(8-16,9-17)14-11-6-5-10(7-13-11)20(18,19)15(2)3/h5-7,16-17H,4,8-9H2,1-3H3,(H,13,14). The van der Waals surface area contributed by atoms with Gasteiger partial charge >= 0.3 is 0 Å². The maximum atomic E-state index is 11.9. The summed E-state index contributed by atoms with van der Waals surface area (Å²) < 4.78 is 24.9. The Hall–Kier alpha value is -1.22. The molecule has 1 aromatic rings. The molecular weight excluding hydrogens is 282 g/mol. The summed E-state index contributed by atoms with van der Waals surface area (Å²) in [5.41, 5.74) is -0.866. The zero-order chi connectivity index (χ0) is 15.4. The van der Waals surface area contributed by atoms with E-state index >= 15 is 0 Å². The Balaban J connectivity index is 2.98. The third kappa shape index (κ3) is 3.45. The molecule has 0 radical (unpaired) electrons. The van der Waals surface area contributed by atoms with E-state index in [1.54, 1.807) is 0 Å². The lowest BCUT2D eigenvalue weighted by Gasteiger charge is -2.30. The first-order valence-corrected chi connectivity index (χ1v) is 7.64. The van der Waals surface area contributed by atoms with E-state index < -0.39 is 15.6 Å². The van der Waals surface area contributed by atoms with Gasteiger partial charge in [0.2, 0.25) is 10.0 Å². The minimum absolute atomic E-state index is 0.0862. The predicted octanol–water partition coefficient (Wildman–Crippen LogP) is -0.123. The molecule has 0 aliphatic rings. The Morgan fingerprint density at radius 3 is 2.25 bits per heavy atom. The number of nitrogens with one attached hydrogen (secondary N) is 1. The molecule has 1 aromatic heterocycles. The van der Waals surface area contributed by atoms with Gasteiger partial charge in [0.15, 0.2) is 0 Å². The van der Waals surface area contributed by atoms with Crippen molar-refractivity contribution in [2.45, 2.75) is 23.8 Å². The van der Waals surface area contributed by atoms with Gasteiger partial charge in [0.1, 0.15) is 10.7 Å². The fraction of sp³-hybridized carbons (Fsp3) is 0.583. The SMILES string of the molecule is CCC(CO)(CO)Nc1ccc(S(=O)(=O)N(C)C)cn1. The second kappa shape index (κ2) is 6.49. The molecule has 0 aliphatic carbocycles. The van der Waals surface area contributed by atoms with Gasteiger partial charge in [0.25, 0.3) is 0 Å². The summed E-state index contributed by atoms with van der Waals surface area (Å²) >= 11 is 0. The molecule has 0 aromatic carbocycles. The number of aliphatic hydroxyl groups is 2. The smallest absolute Gasteiger partial charge is 0.244 e. The number of hydrogen-bond acceptors (Lipinski definition) is 6. The van der Waals surface area contributed by atoms with Crippen LogP contribution < -0.4 is 5.32 Å². The summed E-state index contributed by atoms with van der Waals surface area (Å²) in [6.45, 7) is 1.32. The van der Waals surface area contributed by atoms with Gasteiger partial charge in [-0.25, -0.2) is 17.7 Å². The van der Waals surface area contributed by atoms with Crippen LogP contribution in [0, 0.1) is 0 Å². The van der Waals surface area contributed by atoms with Crippen LogP contribution >= 0.6 is 0 Å². The largest absolute Gasteiger partial charge is 0.394 e. The molecule has 0 spiro atoms. The van der Waals surface area contributed by atoms with Crippen molar-refractivity contribution in [2.75, 3.05) is 32.6 Å². The molecule has 0 saturated heterocycles. The van der Waals surface area contributed by atoms with Crippen molar-refractivity contribution in [1.82, 2.24) is 9.29 Å². The van der Waals surface area contributed by atoms with Crippen LogP contribution in [0.15, 0.2) is 23.2 Å². The van der Waals surface area contributed by atoms with Gasteiger partial charge in [-0.05, 0) is 18.6 Å². The van der Waals surface area contributed by atoms with Crippen LogP contribution in [0.4, 0.5) is 5.82 Å². The quantitative estimate of drug-likeness (QED) is 0.649. The number of aromatic nitrogens is 1. The number of nitrogens with zero attached hydrogens (tertiary/aromatic N) is 2. The van der Waals surface area contributed by atoms with E-state index in [2.05, 4.69) is 10.3 Å². The van der Waals surface area contributed by atoms with Crippen LogP contribution in [0.1, 0.15) is 13.3 Å². The highest BCUT2D eigenvalue weighted by Crippen LogP contribution is 2.19. The van der Waals surface area contributed by atoms with Crippen LogP contribution in [0.5, 0.6) is 0 Å². The zero-order valence-electron chi connectivity index (χ0n) is 11.9. The summed E-state index contributed by atoms with van der Waals surface area (Å²) in [4.78, 5) is 4.10. The second-order valence-corrected chi connectivity index (χ2v) is 6.89. The van der Waals surface area contributed by atoms with Gasteiger partial charge in [-0.15, -0.1) is 0 Å². The van der Waals surface area contributed by atoms with E-state index in [0.29, 0.717) is 12.2 Å². The van der Waals surface area contributed by atoms with E-state index in [9.17, 15) is 18.6 Å². The minimum Gasteiger partial charge on any atom is -0.394 e. The fourth-order valence-corrected chi connectivity index (χ4v) is 2.38. The molecule has 20 heavy (non-hydrogen) atoms. The molecule has 1 heterocycles. The van der Waals surface area contributed by atoms with Gasteiger partial charge in [0, 0.05) is 20.3 Å². The summed E-state index contributed by atoms with van der Waals surface area (Å²) in [6, 6.07) is 2.94. The number of pyridine rings is 1. The Labute approximate surface area is 119 Å². The molecule has 0 bridgehead atoms. The van der Waals surface area contributed by atoms with Crippen molar-refractivity contribution >= 4 is 15.8 Å². The Bertz CT molecular complexity index is 516. The van der Waals surface area contributed by atoms with Gasteiger partial charge < -0.3 is 15.5 Å². The third-order valence-electron chi connectivity index (χ3n) is 3.19. The molecule has 0 amide bonds. The van der Waals surface area contributed by atoms with E-state index in [0.717, 1.165) is 4.31 Å². The molecule has 0 unspecified atom stereocenters. The fourth-order valence-electron chi connectivity index (χ4n) is 1.53. The molecule has 8 heteroatoms. The first-order valence-electron chi connectivity index (χ1n) is 6.20. The predicted molar refractivity (Wildman–Crippen MR) is 75.9 cm³/mol. The average Bonchev–Trinajstić information content (AvgIpc) is 2.45. The molecule has 0 saturated carbocycles. The normalized spacial score (nSPS) is 12.7. The lowest BCUT2D eigenvalue weighted by atomic mass is 9.98. The highest BCUT2D eigenvalue weighted by atomic mass is 32.2. The second-order valence-electron chi connectivity index (χ2n) is 4.74. The maximum absolute atomic E-state index is 11.9. The Morgan fingerprint density at radius 2 is 1.90 bits per heavy atom. The van der Waals surface area contributed by atoms with Crippen LogP contribution in [-0.4, -0.2) is 60.8 Å². The number of sulfonamides is 1. The number of anilines is 1. The van der Waals surface area contributed by atoms with Crippen molar-refractivity contribution in [3.05, 3.63) is 18.3 Å². The highest BCUT2D eigenvalue weighted by molar-refractivity contribution is 7.89. The van der Waals surface area contributed by atoms with Gasteiger partial charge in [0.05, 0.1) is 18.8 Å². The summed E-state index contributed by atoms with van der Waals surface area (Å²) in [5, 5.41) is 21.6. The number of aliphatic hydroxyl groups excluding tert-OH is 2. The summed E-state index contributed by atoms with van der Waals surface area (Å²) in [6.07, 6.45) is 1.74. The van der Waals surface area contributed by atoms with Gasteiger partial charge in [-0.1, -0.05) is 6.92 Å². The molecule has 7 nitrogen and oxygen atoms in total. The van der Waals surface area contributed by atoms with Crippen LogP contribution in [-0.2, 0) is 10.0 Å². The van der Waals surface area contributed by atoms with Crippen molar-refractivity contribution in [3.63, 3.8) is 0 Å². The maximum Gasteiger partial charge on any atom is 0.244 e. The van der Waals surface area contributed by atoms with Gasteiger partial charge in [-0.2, -0.15) is 0 Å². The van der Waals surface area contributed by atoms with Crippen molar-refractivity contribution < 1.29 is 18.6 Å². The van der Waals surface area contributed by atoms with E-state index in [4.69, 9.17) is 0 Å². The lowest BCUT2D eigenvalue weighted by Crippen LogP contribution is -2.45. The van der Waals surface area contributed by atoms with Crippen LogP contribution in [0.2, 0.25) is 0 Å².